The predicted molar refractivity (Wildman–Crippen MR) is 97.6 cm³/mol. The van der Waals surface area contributed by atoms with Gasteiger partial charge >= 0.3 is 0 Å². The summed E-state index contributed by atoms with van der Waals surface area (Å²) in [7, 11) is 0. The average molecular weight is 367 g/mol. The van der Waals surface area contributed by atoms with Crippen molar-refractivity contribution in [1.29, 1.82) is 0 Å². The molecular formula is C20H31O6. The van der Waals surface area contributed by atoms with Gasteiger partial charge in [-0.25, -0.2) is 0 Å². The summed E-state index contributed by atoms with van der Waals surface area (Å²) in [5.74, 6) is 0.551. The number of para-hydroxylation sites is 1. The Morgan fingerprint density at radius 3 is 2.38 bits per heavy atom. The molecule has 1 aromatic rings. The Labute approximate surface area is 155 Å². The maximum absolute atomic E-state index is 10.3. The van der Waals surface area contributed by atoms with Gasteiger partial charge < -0.3 is 29.9 Å². The second-order valence-electron chi connectivity index (χ2n) is 6.74. The number of hydrogen-bond acceptors (Lipinski definition) is 6. The van der Waals surface area contributed by atoms with Gasteiger partial charge in [0.2, 0.25) is 0 Å². The fourth-order valence-corrected chi connectivity index (χ4v) is 3.09. The van der Waals surface area contributed by atoms with E-state index in [1.807, 2.05) is 6.07 Å². The van der Waals surface area contributed by atoms with Gasteiger partial charge in [-0.1, -0.05) is 57.2 Å². The quantitative estimate of drug-likeness (QED) is 0.471. The Morgan fingerprint density at radius 2 is 1.65 bits per heavy atom. The maximum atomic E-state index is 10.3. The second-order valence-corrected chi connectivity index (χ2v) is 6.74. The number of aliphatic hydroxyl groups excluding tert-OH is 4. The minimum atomic E-state index is -1.43. The van der Waals surface area contributed by atoms with Crippen LogP contribution in [0.5, 0.6) is 5.75 Å². The van der Waals surface area contributed by atoms with E-state index in [1.54, 1.807) is 18.2 Å². The molecule has 1 fully saturated rings. The number of rotatable bonds is 10. The number of hydrogen-bond donors (Lipinski definition) is 4. The van der Waals surface area contributed by atoms with E-state index in [9.17, 15) is 20.4 Å². The first-order valence-electron chi connectivity index (χ1n) is 9.50. The molecule has 1 aliphatic heterocycles. The van der Waals surface area contributed by atoms with Gasteiger partial charge in [0.1, 0.15) is 30.2 Å². The zero-order chi connectivity index (χ0) is 18.9. The van der Waals surface area contributed by atoms with Crippen LogP contribution < -0.4 is 4.74 Å². The van der Waals surface area contributed by atoms with Crippen molar-refractivity contribution in [3.05, 3.63) is 35.9 Å². The van der Waals surface area contributed by atoms with Crippen molar-refractivity contribution in [2.45, 2.75) is 69.9 Å². The Hall–Kier alpha value is -1.18. The van der Waals surface area contributed by atoms with E-state index in [4.69, 9.17) is 9.47 Å². The van der Waals surface area contributed by atoms with Gasteiger partial charge in [-0.15, -0.1) is 0 Å². The standard InChI is InChI=1S/C20H31O6/c1-2-3-4-5-6-9-12-25-15-11-8-7-10-14(15)20-19(24)18(23)17(22)16(13-21)26-20/h7-8,10-11,16-19,21-24H,2-6,9,12-13H2,1H3/t16-,17+,18+,19-/m1/s1. The summed E-state index contributed by atoms with van der Waals surface area (Å²) >= 11 is 0. The van der Waals surface area contributed by atoms with Crippen LogP contribution in [0.1, 0.15) is 51.0 Å². The van der Waals surface area contributed by atoms with E-state index < -0.39 is 31.0 Å². The normalized spacial score (nSPS) is 26.8. The highest BCUT2D eigenvalue weighted by Gasteiger charge is 2.45. The molecule has 6 nitrogen and oxygen atoms in total. The van der Waals surface area contributed by atoms with Crippen LogP contribution in [0.15, 0.2) is 24.3 Å². The van der Waals surface area contributed by atoms with Gasteiger partial charge in [0, 0.05) is 5.56 Å². The molecule has 6 heteroatoms. The summed E-state index contributed by atoms with van der Waals surface area (Å²) in [5, 5.41) is 39.5. The molecule has 1 saturated heterocycles. The third kappa shape index (κ3) is 5.41. The topological polar surface area (TPSA) is 99.4 Å². The van der Waals surface area contributed by atoms with Crippen LogP contribution in [0.4, 0.5) is 0 Å². The van der Waals surface area contributed by atoms with E-state index in [-0.39, 0.29) is 6.10 Å². The Morgan fingerprint density at radius 1 is 0.962 bits per heavy atom. The zero-order valence-electron chi connectivity index (χ0n) is 15.4. The van der Waals surface area contributed by atoms with Crippen molar-refractivity contribution in [3.8, 4) is 5.75 Å². The molecule has 1 aromatic carbocycles. The summed E-state index contributed by atoms with van der Waals surface area (Å²) in [6, 6.07) is 7.11. The van der Waals surface area contributed by atoms with Crippen molar-refractivity contribution in [2.75, 3.05) is 13.2 Å². The first kappa shape index (κ1) is 21.1. The molecular weight excluding hydrogens is 336 g/mol. The zero-order valence-corrected chi connectivity index (χ0v) is 15.4. The van der Waals surface area contributed by atoms with Gasteiger partial charge in [-0.2, -0.15) is 0 Å². The molecule has 4 N–H and O–H groups in total. The molecule has 0 aliphatic carbocycles. The third-order valence-electron chi connectivity index (χ3n) is 4.69. The fourth-order valence-electron chi connectivity index (χ4n) is 3.09. The van der Waals surface area contributed by atoms with E-state index >= 15 is 0 Å². The lowest BCUT2D eigenvalue weighted by molar-refractivity contribution is -0.184. The summed E-state index contributed by atoms with van der Waals surface area (Å²) in [6.07, 6.45) is 1.93. The van der Waals surface area contributed by atoms with Crippen molar-refractivity contribution in [3.63, 3.8) is 0 Å². The lowest BCUT2D eigenvalue weighted by Crippen LogP contribution is -2.55. The van der Waals surface area contributed by atoms with Gasteiger partial charge in [0.15, 0.2) is 6.10 Å². The lowest BCUT2D eigenvalue weighted by Gasteiger charge is -2.39. The SMILES string of the molecule is CCCCCCCCOc1ccccc1[C]1O[C@H](CO)[C@H](O)[C@H](O)[C@H]1O. The highest BCUT2D eigenvalue weighted by Crippen LogP contribution is 2.36. The molecule has 0 aromatic heterocycles. The minimum Gasteiger partial charge on any atom is -0.493 e. The largest absolute Gasteiger partial charge is 0.493 e. The lowest BCUT2D eigenvalue weighted by atomic mass is 9.91. The minimum absolute atomic E-state index is 0.111. The molecule has 0 spiro atoms. The van der Waals surface area contributed by atoms with E-state index in [0.29, 0.717) is 17.9 Å². The summed E-state index contributed by atoms with van der Waals surface area (Å²) in [6.45, 7) is 2.28. The Balaban J connectivity index is 1.97. The molecule has 0 bridgehead atoms. The fraction of sp³-hybridized carbons (Fsp3) is 0.650. The maximum Gasteiger partial charge on any atom is 0.161 e. The monoisotopic (exact) mass is 367 g/mol. The molecule has 4 atom stereocenters. The molecule has 0 saturated carbocycles. The molecule has 1 radical (unpaired) electrons. The predicted octanol–water partition coefficient (Wildman–Crippen LogP) is 1.78. The van der Waals surface area contributed by atoms with Crippen LogP contribution in [-0.2, 0) is 4.74 Å². The van der Waals surface area contributed by atoms with Crippen LogP contribution in [-0.4, -0.2) is 58.1 Å². The number of aliphatic hydroxyl groups is 4. The van der Waals surface area contributed by atoms with Crippen LogP contribution in [0, 0.1) is 6.10 Å². The first-order chi connectivity index (χ1) is 12.6. The van der Waals surface area contributed by atoms with Crippen molar-refractivity contribution in [2.24, 2.45) is 0 Å². The van der Waals surface area contributed by atoms with Crippen molar-refractivity contribution < 1.29 is 29.9 Å². The van der Waals surface area contributed by atoms with E-state index in [2.05, 4.69) is 6.92 Å². The van der Waals surface area contributed by atoms with Crippen molar-refractivity contribution >= 4 is 0 Å². The van der Waals surface area contributed by atoms with E-state index in [0.717, 1.165) is 12.8 Å². The van der Waals surface area contributed by atoms with Gasteiger partial charge in [-0.05, 0) is 12.5 Å². The molecule has 147 valence electrons. The smallest absolute Gasteiger partial charge is 0.161 e. The first-order valence-corrected chi connectivity index (χ1v) is 9.50. The number of ether oxygens (including phenoxy) is 2. The summed E-state index contributed by atoms with van der Waals surface area (Å²) in [4.78, 5) is 0. The van der Waals surface area contributed by atoms with Crippen LogP contribution in [0.2, 0.25) is 0 Å². The van der Waals surface area contributed by atoms with Crippen LogP contribution in [0.25, 0.3) is 0 Å². The van der Waals surface area contributed by atoms with E-state index in [1.165, 1.54) is 25.7 Å². The summed E-state index contributed by atoms with van der Waals surface area (Å²) < 4.78 is 11.4. The third-order valence-corrected chi connectivity index (χ3v) is 4.69. The highest BCUT2D eigenvalue weighted by molar-refractivity contribution is 5.43. The molecule has 2 rings (SSSR count). The molecule has 26 heavy (non-hydrogen) atoms. The number of unbranched alkanes of at least 4 members (excludes halogenated alkanes) is 5. The molecule has 1 heterocycles. The van der Waals surface area contributed by atoms with Gasteiger partial charge in [0.25, 0.3) is 0 Å². The number of benzene rings is 1. The highest BCUT2D eigenvalue weighted by atomic mass is 16.5. The molecule has 0 unspecified atom stereocenters. The Bertz CT molecular complexity index is 521. The van der Waals surface area contributed by atoms with Gasteiger partial charge in [0.05, 0.1) is 13.2 Å². The van der Waals surface area contributed by atoms with Crippen LogP contribution >= 0.6 is 0 Å². The summed E-state index contributed by atoms with van der Waals surface area (Å²) in [5.41, 5.74) is 0.524. The van der Waals surface area contributed by atoms with Crippen molar-refractivity contribution in [1.82, 2.24) is 0 Å². The second kappa shape index (κ2) is 10.8. The van der Waals surface area contributed by atoms with Gasteiger partial charge in [-0.3, -0.25) is 0 Å². The Kier molecular flexibility index (Phi) is 8.81. The molecule has 0 amide bonds. The average Bonchev–Trinajstić information content (AvgIpc) is 2.66. The molecule has 1 aliphatic rings. The van der Waals surface area contributed by atoms with Crippen LogP contribution in [0.3, 0.4) is 0 Å².